The summed E-state index contributed by atoms with van der Waals surface area (Å²) in [6.07, 6.45) is 5.68. The van der Waals surface area contributed by atoms with Crippen molar-refractivity contribution in [3.8, 4) is 5.75 Å². The topological polar surface area (TPSA) is 55.2 Å². The molecule has 180 valence electrons. The molecule has 0 saturated carbocycles. The van der Waals surface area contributed by atoms with Crippen molar-refractivity contribution in [2.45, 2.75) is 57.6 Å². The summed E-state index contributed by atoms with van der Waals surface area (Å²) < 4.78 is 18.4. The highest BCUT2D eigenvalue weighted by atomic mass is 35.5. The van der Waals surface area contributed by atoms with Crippen molar-refractivity contribution in [1.82, 2.24) is 9.80 Å². The zero-order valence-corrected chi connectivity index (χ0v) is 20.3. The summed E-state index contributed by atoms with van der Waals surface area (Å²) >= 11 is 6.01. The van der Waals surface area contributed by atoms with Crippen LogP contribution in [0.15, 0.2) is 40.8 Å². The van der Waals surface area contributed by atoms with Gasteiger partial charge in [-0.05, 0) is 62.1 Å². The summed E-state index contributed by atoms with van der Waals surface area (Å²) in [7, 11) is 0. The van der Waals surface area contributed by atoms with Crippen LogP contribution in [0.2, 0.25) is 5.02 Å². The van der Waals surface area contributed by atoms with E-state index in [1.165, 1.54) is 6.42 Å². The third-order valence-electron chi connectivity index (χ3n) is 6.42. The molecule has 7 heteroatoms. The quantitative estimate of drug-likeness (QED) is 0.515. The van der Waals surface area contributed by atoms with Gasteiger partial charge in [-0.2, -0.15) is 0 Å². The van der Waals surface area contributed by atoms with Crippen molar-refractivity contribution in [3.05, 3.63) is 52.9 Å². The lowest BCUT2D eigenvalue weighted by molar-refractivity contribution is -0.157. The van der Waals surface area contributed by atoms with Gasteiger partial charge in [0.1, 0.15) is 29.5 Å². The Kier molecular flexibility index (Phi) is 8.34. The number of hydrogen-bond donors (Lipinski definition) is 0. The van der Waals surface area contributed by atoms with Crippen LogP contribution >= 0.6 is 11.6 Å². The van der Waals surface area contributed by atoms with Crippen molar-refractivity contribution in [3.63, 3.8) is 0 Å². The fourth-order valence-electron chi connectivity index (χ4n) is 4.69. The number of ether oxygens (including phenoxy) is 2. The average Bonchev–Trinajstić information content (AvgIpc) is 3.26. The number of furan rings is 1. The van der Waals surface area contributed by atoms with Crippen molar-refractivity contribution in [2.75, 3.05) is 39.4 Å². The van der Waals surface area contributed by atoms with Crippen molar-refractivity contribution >= 4 is 17.5 Å². The molecule has 33 heavy (non-hydrogen) atoms. The van der Waals surface area contributed by atoms with Gasteiger partial charge in [-0.3, -0.25) is 9.69 Å². The van der Waals surface area contributed by atoms with Gasteiger partial charge in [-0.25, -0.2) is 0 Å². The number of rotatable bonds is 9. The largest absolute Gasteiger partial charge is 0.491 e. The summed E-state index contributed by atoms with van der Waals surface area (Å²) in [5, 5.41) is 0.665. The Balaban J connectivity index is 1.46. The van der Waals surface area contributed by atoms with Crippen LogP contribution in [-0.2, 0) is 22.5 Å². The number of nitrogens with zero attached hydrogens (tertiary/aromatic N) is 2. The highest BCUT2D eigenvalue weighted by Crippen LogP contribution is 2.28. The van der Waals surface area contributed by atoms with Gasteiger partial charge in [0.15, 0.2) is 0 Å². The molecule has 0 N–H and O–H groups in total. The van der Waals surface area contributed by atoms with Gasteiger partial charge in [0.25, 0.3) is 0 Å². The Morgan fingerprint density at radius 3 is 2.58 bits per heavy atom. The SMILES string of the molecule is CCCc1ccc(CN2CCO[C@@](COc3ccc(Cl)cc3)(CC(=O)N3CCCCC3)C2)o1. The molecule has 2 saturated heterocycles. The lowest BCUT2D eigenvalue weighted by Crippen LogP contribution is -2.57. The molecule has 0 unspecified atom stereocenters. The van der Waals surface area contributed by atoms with E-state index in [9.17, 15) is 4.79 Å². The average molecular weight is 475 g/mol. The predicted octanol–water partition coefficient (Wildman–Crippen LogP) is 4.94. The van der Waals surface area contributed by atoms with Crippen molar-refractivity contribution in [2.24, 2.45) is 0 Å². The van der Waals surface area contributed by atoms with E-state index in [1.54, 1.807) is 12.1 Å². The van der Waals surface area contributed by atoms with Gasteiger partial charge in [0.05, 0.1) is 19.6 Å². The van der Waals surface area contributed by atoms with Crippen LogP contribution in [0.5, 0.6) is 5.75 Å². The van der Waals surface area contributed by atoms with Gasteiger partial charge in [-0.1, -0.05) is 18.5 Å². The Morgan fingerprint density at radius 1 is 1.06 bits per heavy atom. The first-order valence-electron chi connectivity index (χ1n) is 12.2. The van der Waals surface area contributed by atoms with Gasteiger partial charge in [0.2, 0.25) is 5.91 Å². The monoisotopic (exact) mass is 474 g/mol. The van der Waals surface area contributed by atoms with Crippen LogP contribution in [-0.4, -0.2) is 60.7 Å². The molecule has 0 bridgehead atoms. The van der Waals surface area contributed by atoms with Crippen LogP contribution in [0.1, 0.15) is 50.5 Å². The molecule has 1 atom stereocenters. The number of morpholine rings is 1. The number of piperidine rings is 1. The summed E-state index contributed by atoms with van der Waals surface area (Å²) in [5.41, 5.74) is -0.703. The number of halogens is 1. The molecule has 0 spiro atoms. The Bertz CT molecular complexity index is 894. The Hall–Kier alpha value is -2.02. The van der Waals surface area contributed by atoms with E-state index in [-0.39, 0.29) is 5.91 Å². The number of amides is 1. The Morgan fingerprint density at radius 2 is 1.82 bits per heavy atom. The fraction of sp³-hybridized carbons (Fsp3) is 0.577. The number of likely N-dealkylation sites (tertiary alicyclic amines) is 1. The maximum absolute atomic E-state index is 13.2. The molecular formula is C26H35ClN2O4. The Labute approximate surface area is 201 Å². The summed E-state index contributed by atoms with van der Waals surface area (Å²) in [5.74, 6) is 2.85. The maximum atomic E-state index is 13.2. The maximum Gasteiger partial charge on any atom is 0.225 e. The molecule has 2 fully saturated rings. The standard InChI is InChI=1S/C26H35ClN2O4/c1-2-6-23-11-12-24(33-23)18-28-15-16-32-26(19-28,17-25(30)29-13-4-3-5-14-29)20-31-22-9-7-21(27)8-10-22/h7-12H,2-6,13-20H2,1H3/t26-/m0/s1. The molecule has 2 aliphatic rings. The summed E-state index contributed by atoms with van der Waals surface area (Å²) in [6, 6.07) is 11.4. The minimum atomic E-state index is -0.703. The first-order valence-corrected chi connectivity index (χ1v) is 12.5. The second kappa shape index (κ2) is 11.4. The van der Waals surface area contributed by atoms with Crippen molar-refractivity contribution < 1.29 is 18.7 Å². The summed E-state index contributed by atoms with van der Waals surface area (Å²) in [6.45, 7) is 6.80. The third-order valence-corrected chi connectivity index (χ3v) is 6.67. The zero-order chi connectivity index (χ0) is 23.1. The molecule has 1 aromatic carbocycles. The minimum absolute atomic E-state index is 0.152. The van der Waals surface area contributed by atoms with E-state index in [1.807, 2.05) is 17.0 Å². The van der Waals surface area contributed by atoms with E-state index in [4.69, 9.17) is 25.5 Å². The number of hydrogen-bond acceptors (Lipinski definition) is 5. The van der Waals surface area contributed by atoms with E-state index in [0.29, 0.717) is 37.7 Å². The van der Waals surface area contributed by atoms with E-state index in [2.05, 4.69) is 24.0 Å². The second-order valence-corrected chi connectivity index (χ2v) is 9.66. The fourth-order valence-corrected chi connectivity index (χ4v) is 4.81. The molecule has 2 aliphatic heterocycles. The van der Waals surface area contributed by atoms with Gasteiger partial charge in [-0.15, -0.1) is 0 Å². The predicted molar refractivity (Wildman–Crippen MR) is 129 cm³/mol. The molecular weight excluding hydrogens is 440 g/mol. The molecule has 1 amide bonds. The normalized spacial score (nSPS) is 21.8. The smallest absolute Gasteiger partial charge is 0.225 e. The first kappa shape index (κ1) is 24.1. The molecule has 0 aliphatic carbocycles. The zero-order valence-electron chi connectivity index (χ0n) is 19.6. The van der Waals surface area contributed by atoms with Crippen LogP contribution in [0.4, 0.5) is 0 Å². The minimum Gasteiger partial charge on any atom is -0.491 e. The van der Waals surface area contributed by atoms with Crippen LogP contribution in [0.25, 0.3) is 0 Å². The van der Waals surface area contributed by atoms with E-state index >= 15 is 0 Å². The lowest BCUT2D eigenvalue weighted by Gasteiger charge is -2.43. The summed E-state index contributed by atoms with van der Waals surface area (Å²) in [4.78, 5) is 17.5. The molecule has 0 radical (unpaired) electrons. The number of benzene rings is 1. The highest BCUT2D eigenvalue weighted by Gasteiger charge is 2.41. The van der Waals surface area contributed by atoms with Crippen LogP contribution < -0.4 is 4.74 Å². The number of carbonyl (C=O) groups excluding carboxylic acids is 1. The highest BCUT2D eigenvalue weighted by molar-refractivity contribution is 6.30. The molecule has 6 nitrogen and oxygen atoms in total. The second-order valence-electron chi connectivity index (χ2n) is 9.22. The van der Waals surface area contributed by atoms with E-state index < -0.39 is 5.60 Å². The number of aryl methyl sites for hydroxylation is 1. The molecule has 1 aromatic heterocycles. The number of carbonyl (C=O) groups is 1. The van der Waals surface area contributed by atoms with Crippen molar-refractivity contribution in [1.29, 1.82) is 0 Å². The molecule has 3 heterocycles. The lowest BCUT2D eigenvalue weighted by atomic mass is 9.96. The van der Waals surface area contributed by atoms with Gasteiger partial charge in [0, 0.05) is 37.6 Å². The molecule has 2 aromatic rings. The van der Waals surface area contributed by atoms with E-state index in [0.717, 1.165) is 62.6 Å². The van der Waals surface area contributed by atoms with Crippen LogP contribution in [0.3, 0.4) is 0 Å². The first-order chi connectivity index (χ1) is 16.0. The van der Waals surface area contributed by atoms with Crippen LogP contribution in [0, 0.1) is 0 Å². The molecule has 4 rings (SSSR count). The van der Waals surface area contributed by atoms with Gasteiger partial charge >= 0.3 is 0 Å². The third kappa shape index (κ3) is 6.75. The van der Waals surface area contributed by atoms with Gasteiger partial charge < -0.3 is 18.8 Å².